The van der Waals surface area contributed by atoms with Crippen molar-refractivity contribution in [1.29, 1.82) is 0 Å². The van der Waals surface area contributed by atoms with E-state index in [1.165, 1.54) is 7.11 Å². The van der Waals surface area contributed by atoms with Gasteiger partial charge in [0.05, 0.1) is 13.2 Å². The Morgan fingerprint density at radius 2 is 1.74 bits per heavy atom. The van der Waals surface area contributed by atoms with E-state index in [9.17, 15) is 23.1 Å². The van der Waals surface area contributed by atoms with Crippen LogP contribution in [0.25, 0.3) is 0 Å². The van der Waals surface area contributed by atoms with E-state index in [4.69, 9.17) is 4.74 Å². The highest BCUT2D eigenvalue weighted by Crippen LogP contribution is 2.17. The van der Waals surface area contributed by atoms with Gasteiger partial charge < -0.3 is 15.2 Å². The fraction of sp³-hybridized carbons (Fsp3) is 0.188. The van der Waals surface area contributed by atoms with Crippen LogP contribution in [0.1, 0.15) is 22.0 Å². The van der Waals surface area contributed by atoms with Crippen molar-refractivity contribution in [3.05, 3.63) is 65.0 Å². The number of aliphatic hydroxyl groups is 1. The highest BCUT2D eigenvalue weighted by Gasteiger charge is 2.16. The Bertz CT molecular complexity index is 681. The van der Waals surface area contributed by atoms with Gasteiger partial charge in [-0.2, -0.15) is 0 Å². The number of nitrogens with one attached hydrogen (secondary N) is 1. The third-order valence-corrected chi connectivity index (χ3v) is 3.20. The summed E-state index contributed by atoms with van der Waals surface area (Å²) in [5.74, 6) is -4.76. The summed E-state index contributed by atoms with van der Waals surface area (Å²) >= 11 is 0. The summed E-state index contributed by atoms with van der Waals surface area (Å²) in [6.07, 6.45) is -1.01. The zero-order valence-corrected chi connectivity index (χ0v) is 12.1. The number of hydrogen-bond acceptors (Lipinski definition) is 3. The second-order valence-electron chi connectivity index (χ2n) is 4.75. The number of aliphatic hydroxyl groups excluding tert-OH is 1. The lowest BCUT2D eigenvalue weighted by Crippen LogP contribution is -2.28. The number of hydrogen-bond donors (Lipinski definition) is 2. The number of amides is 1. The van der Waals surface area contributed by atoms with E-state index in [2.05, 4.69) is 5.32 Å². The Labute approximate surface area is 130 Å². The van der Waals surface area contributed by atoms with Crippen LogP contribution in [0.3, 0.4) is 0 Å². The molecule has 2 N–H and O–H groups in total. The van der Waals surface area contributed by atoms with Crippen molar-refractivity contribution in [2.75, 3.05) is 13.7 Å². The van der Waals surface area contributed by atoms with E-state index in [0.29, 0.717) is 23.4 Å². The number of methoxy groups -OCH3 is 1. The van der Waals surface area contributed by atoms with Gasteiger partial charge in [-0.15, -0.1) is 0 Å². The molecule has 0 aliphatic heterocycles. The van der Waals surface area contributed by atoms with E-state index >= 15 is 0 Å². The number of carbonyl (C=O) groups excluding carboxylic acids is 1. The van der Waals surface area contributed by atoms with Crippen LogP contribution in [0, 0.1) is 17.5 Å². The average molecular weight is 325 g/mol. The Hall–Kier alpha value is -2.54. The highest BCUT2D eigenvalue weighted by molar-refractivity contribution is 5.94. The molecule has 1 amide bonds. The summed E-state index contributed by atoms with van der Waals surface area (Å²) in [6, 6.07) is 7.71. The maximum atomic E-state index is 13.1. The number of ether oxygens (including phenoxy) is 1. The van der Waals surface area contributed by atoms with Crippen LogP contribution in [0.15, 0.2) is 36.4 Å². The molecule has 0 radical (unpaired) electrons. The van der Waals surface area contributed by atoms with Crippen LogP contribution >= 0.6 is 0 Å². The first-order valence-electron chi connectivity index (χ1n) is 6.67. The summed E-state index contributed by atoms with van der Waals surface area (Å²) in [7, 11) is 1.51. The molecule has 7 heteroatoms. The molecule has 2 aromatic carbocycles. The molecule has 122 valence electrons. The number of benzene rings is 2. The van der Waals surface area contributed by atoms with Gasteiger partial charge in [0.25, 0.3) is 5.91 Å². The SMILES string of the molecule is COc1ccc(C(O)CNC(=O)c2cc(F)c(F)c(F)c2)cc1. The molecule has 0 heterocycles. The lowest BCUT2D eigenvalue weighted by molar-refractivity contribution is 0.0915. The van der Waals surface area contributed by atoms with Gasteiger partial charge >= 0.3 is 0 Å². The van der Waals surface area contributed by atoms with Crippen molar-refractivity contribution in [3.63, 3.8) is 0 Å². The maximum absolute atomic E-state index is 13.1. The van der Waals surface area contributed by atoms with E-state index in [0.717, 1.165) is 0 Å². The highest BCUT2D eigenvalue weighted by atomic mass is 19.2. The Balaban J connectivity index is 2.00. The van der Waals surface area contributed by atoms with Crippen LogP contribution in [0.5, 0.6) is 5.75 Å². The summed E-state index contributed by atoms with van der Waals surface area (Å²) in [4.78, 5) is 11.8. The average Bonchev–Trinajstić information content (AvgIpc) is 2.56. The lowest BCUT2D eigenvalue weighted by Gasteiger charge is -2.13. The molecule has 2 aromatic rings. The predicted octanol–water partition coefficient (Wildman–Crippen LogP) is 2.58. The first-order chi connectivity index (χ1) is 10.9. The molecule has 0 aromatic heterocycles. The van der Waals surface area contributed by atoms with Crippen molar-refractivity contribution in [1.82, 2.24) is 5.32 Å². The van der Waals surface area contributed by atoms with Crippen LogP contribution < -0.4 is 10.1 Å². The second kappa shape index (κ2) is 7.15. The van der Waals surface area contributed by atoms with Crippen LogP contribution in [-0.2, 0) is 0 Å². The van der Waals surface area contributed by atoms with Gasteiger partial charge in [-0.1, -0.05) is 12.1 Å². The third kappa shape index (κ3) is 4.01. The minimum absolute atomic E-state index is 0.175. The molecule has 1 unspecified atom stereocenters. The Kier molecular flexibility index (Phi) is 5.23. The maximum Gasteiger partial charge on any atom is 0.251 e. The van der Waals surface area contributed by atoms with Gasteiger partial charge in [-0.3, -0.25) is 4.79 Å². The molecule has 2 rings (SSSR count). The van der Waals surface area contributed by atoms with Crippen LogP contribution in [0.2, 0.25) is 0 Å². The third-order valence-electron chi connectivity index (χ3n) is 3.20. The smallest absolute Gasteiger partial charge is 0.251 e. The molecule has 0 aliphatic carbocycles. The minimum atomic E-state index is -1.64. The molecular weight excluding hydrogens is 311 g/mol. The summed E-state index contributed by atoms with van der Waals surface area (Å²) in [5.41, 5.74) is 0.158. The van der Waals surface area contributed by atoms with E-state index in [1.807, 2.05) is 0 Å². The first kappa shape index (κ1) is 16.8. The molecule has 0 saturated heterocycles. The van der Waals surface area contributed by atoms with Crippen molar-refractivity contribution < 1.29 is 27.8 Å². The van der Waals surface area contributed by atoms with Crippen molar-refractivity contribution >= 4 is 5.91 Å². The van der Waals surface area contributed by atoms with Gasteiger partial charge in [-0.25, -0.2) is 13.2 Å². The van der Waals surface area contributed by atoms with E-state index < -0.39 is 29.5 Å². The minimum Gasteiger partial charge on any atom is -0.497 e. The molecular formula is C16H14F3NO3. The van der Waals surface area contributed by atoms with E-state index in [-0.39, 0.29) is 12.1 Å². The number of carbonyl (C=O) groups is 1. The summed E-state index contributed by atoms with van der Waals surface area (Å²) < 4.78 is 44.0. The summed E-state index contributed by atoms with van der Waals surface area (Å²) in [5, 5.41) is 12.3. The molecule has 23 heavy (non-hydrogen) atoms. The van der Waals surface area contributed by atoms with Crippen LogP contribution in [-0.4, -0.2) is 24.7 Å². The van der Waals surface area contributed by atoms with Gasteiger partial charge in [0.1, 0.15) is 5.75 Å². The second-order valence-corrected chi connectivity index (χ2v) is 4.75. The molecule has 0 fully saturated rings. The van der Waals surface area contributed by atoms with Gasteiger partial charge in [0.15, 0.2) is 17.5 Å². The fourth-order valence-electron chi connectivity index (χ4n) is 1.92. The topological polar surface area (TPSA) is 58.6 Å². The zero-order valence-electron chi connectivity index (χ0n) is 12.1. The summed E-state index contributed by atoms with van der Waals surface area (Å²) in [6.45, 7) is -0.175. The lowest BCUT2D eigenvalue weighted by atomic mass is 10.1. The Morgan fingerprint density at radius 3 is 2.26 bits per heavy atom. The molecule has 0 spiro atoms. The molecule has 0 aliphatic rings. The molecule has 0 saturated carbocycles. The predicted molar refractivity (Wildman–Crippen MR) is 76.6 cm³/mol. The van der Waals surface area contributed by atoms with Crippen molar-refractivity contribution in [3.8, 4) is 5.75 Å². The number of rotatable bonds is 5. The standard InChI is InChI=1S/C16H14F3NO3/c1-23-11-4-2-9(3-5-11)14(21)8-20-16(22)10-6-12(17)15(19)13(18)7-10/h2-7,14,21H,8H2,1H3,(H,20,22). The normalized spacial score (nSPS) is 11.9. The van der Waals surface area contributed by atoms with E-state index in [1.54, 1.807) is 24.3 Å². The Morgan fingerprint density at radius 1 is 1.17 bits per heavy atom. The number of halogens is 3. The zero-order chi connectivity index (χ0) is 17.0. The van der Waals surface area contributed by atoms with Crippen LogP contribution in [0.4, 0.5) is 13.2 Å². The molecule has 0 bridgehead atoms. The van der Waals surface area contributed by atoms with Crippen molar-refractivity contribution in [2.45, 2.75) is 6.10 Å². The quantitative estimate of drug-likeness (QED) is 0.831. The largest absolute Gasteiger partial charge is 0.497 e. The monoisotopic (exact) mass is 325 g/mol. The van der Waals surface area contributed by atoms with Crippen molar-refractivity contribution in [2.24, 2.45) is 0 Å². The fourth-order valence-corrected chi connectivity index (χ4v) is 1.92. The van der Waals surface area contributed by atoms with Gasteiger partial charge in [0, 0.05) is 12.1 Å². The molecule has 4 nitrogen and oxygen atoms in total. The van der Waals surface area contributed by atoms with Gasteiger partial charge in [-0.05, 0) is 29.8 Å². The van der Waals surface area contributed by atoms with Gasteiger partial charge in [0.2, 0.25) is 0 Å². The molecule has 1 atom stereocenters. The first-order valence-corrected chi connectivity index (χ1v) is 6.67.